The van der Waals surface area contributed by atoms with Crippen LogP contribution in [0.3, 0.4) is 0 Å². The maximum atomic E-state index is 13.4. The Kier molecular flexibility index (Phi) is 9.07. The molecule has 2 aromatic carbocycles. The molecule has 2 N–H and O–H groups in total. The predicted molar refractivity (Wildman–Crippen MR) is 153 cm³/mol. The second kappa shape index (κ2) is 13.3. The number of nitrogens with zero attached hydrogens (tertiary/aromatic N) is 3. The molecule has 1 saturated heterocycles. The van der Waals surface area contributed by atoms with Gasteiger partial charge in [-0.3, -0.25) is 14.5 Å². The van der Waals surface area contributed by atoms with E-state index in [1.54, 1.807) is 35.0 Å². The molecule has 5 rings (SSSR count). The second-order valence-corrected chi connectivity index (χ2v) is 9.71. The number of hydrogen-bond donors (Lipinski definition) is 2. The fraction of sp³-hybridized carbons (Fsp3) is 0.233. The first-order chi connectivity index (χ1) is 19.6. The van der Waals surface area contributed by atoms with E-state index in [0.29, 0.717) is 22.8 Å². The van der Waals surface area contributed by atoms with Gasteiger partial charge in [-0.1, -0.05) is 41.9 Å². The molecule has 9 nitrogen and oxygen atoms in total. The topological polar surface area (TPSA) is 102 Å². The minimum absolute atomic E-state index is 0.0793. The Labute approximate surface area is 237 Å². The molecule has 1 aliphatic rings. The van der Waals surface area contributed by atoms with E-state index in [2.05, 4.69) is 15.5 Å². The van der Waals surface area contributed by atoms with E-state index in [-0.39, 0.29) is 11.5 Å². The molecule has 2 aromatic heterocycles. The molecule has 0 unspecified atom stereocenters. The normalized spacial score (nSPS) is 14.2. The molecule has 0 aliphatic carbocycles. The molecule has 0 radical (unpaired) electrons. The van der Waals surface area contributed by atoms with E-state index >= 15 is 0 Å². The smallest absolute Gasteiger partial charge is 0.291 e. The average Bonchev–Trinajstić information content (AvgIpc) is 3.67. The SMILES string of the molecule is O=C(NCCCN1CCOCC1)C(=Cc1cn(-c2ccccc2)nc1-c1ccc(Cl)cc1)NC(=O)c1ccco1. The maximum absolute atomic E-state index is 13.4. The fourth-order valence-electron chi connectivity index (χ4n) is 4.37. The van der Waals surface area contributed by atoms with Gasteiger partial charge in [0.25, 0.3) is 11.8 Å². The molecule has 0 saturated carbocycles. The van der Waals surface area contributed by atoms with Crippen LogP contribution in [0.25, 0.3) is 23.0 Å². The van der Waals surface area contributed by atoms with Crippen LogP contribution in [0, 0.1) is 0 Å². The summed E-state index contributed by atoms with van der Waals surface area (Å²) in [6, 6.07) is 20.1. The van der Waals surface area contributed by atoms with Crippen molar-refractivity contribution in [1.82, 2.24) is 25.3 Å². The van der Waals surface area contributed by atoms with Gasteiger partial charge in [0.2, 0.25) is 0 Å². The lowest BCUT2D eigenvalue weighted by molar-refractivity contribution is -0.117. The Morgan fingerprint density at radius 2 is 1.77 bits per heavy atom. The van der Waals surface area contributed by atoms with Crippen molar-refractivity contribution in [3.63, 3.8) is 0 Å². The van der Waals surface area contributed by atoms with E-state index < -0.39 is 11.8 Å². The first kappa shape index (κ1) is 27.4. The third kappa shape index (κ3) is 7.06. The van der Waals surface area contributed by atoms with Crippen LogP contribution < -0.4 is 10.6 Å². The summed E-state index contributed by atoms with van der Waals surface area (Å²) in [7, 11) is 0. The van der Waals surface area contributed by atoms with Gasteiger partial charge in [-0.05, 0) is 55.4 Å². The number of aromatic nitrogens is 2. The highest BCUT2D eigenvalue weighted by Crippen LogP contribution is 2.27. The quantitative estimate of drug-likeness (QED) is 0.221. The lowest BCUT2D eigenvalue weighted by Gasteiger charge is -2.26. The van der Waals surface area contributed by atoms with Gasteiger partial charge in [0, 0.05) is 42.0 Å². The molecule has 0 atom stereocenters. The van der Waals surface area contributed by atoms with Gasteiger partial charge >= 0.3 is 0 Å². The highest BCUT2D eigenvalue weighted by Gasteiger charge is 2.19. The summed E-state index contributed by atoms with van der Waals surface area (Å²) in [5.41, 5.74) is 3.02. The van der Waals surface area contributed by atoms with Crippen LogP contribution in [0.1, 0.15) is 22.5 Å². The van der Waals surface area contributed by atoms with Crippen molar-refractivity contribution in [3.05, 3.63) is 101 Å². The van der Waals surface area contributed by atoms with Crippen LogP contribution in [-0.4, -0.2) is 65.9 Å². The Morgan fingerprint density at radius 1 is 1.00 bits per heavy atom. The van der Waals surface area contributed by atoms with Gasteiger partial charge in [-0.25, -0.2) is 4.68 Å². The summed E-state index contributed by atoms with van der Waals surface area (Å²) in [6.07, 6.45) is 5.64. The van der Waals surface area contributed by atoms with Crippen molar-refractivity contribution in [2.75, 3.05) is 39.4 Å². The number of amides is 2. The number of nitrogens with one attached hydrogen (secondary N) is 2. The third-order valence-corrected chi connectivity index (χ3v) is 6.71. The summed E-state index contributed by atoms with van der Waals surface area (Å²) in [4.78, 5) is 28.6. The van der Waals surface area contributed by atoms with Crippen LogP contribution in [0.2, 0.25) is 5.02 Å². The molecular formula is C30H30ClN5O4. The molecule has 1 aliphatic heterocycles. The van der Waals surface area contributed by atoms with E-state index in [0.717, 1.165) is 50.5 Å². The Hall–Kier alpha value is -4.18. The van der Waals surface area contributed by atoms with Gasteiger partial charge in [-0.2, -0.15) is 5.10 Å². The van der Waals surface area contributed by atoms with Gasteiger partial charge in [0.1, 0.15) is 11.4 Å². The van der Waals surface area contributed by atoms with Crippen LogP contribution in [0.15, 0.2) is 89.3 Å². The highest BCUT2D eigenvalue weighted by molar-refractivity contribution is 6.30. The zero-order chi connectivity index (χ0) is 27.7. The number of benzene rings is 2. The monoisotopic (exact) mass is 559 g/mol. The van der Waals surface area contributed by atoms with Crippen molar-refractivity contribution in [2.45, 2.75) is 6.42 Å². The molecule has 3 heterocycles. The van der Waals surface area contributed by atoms with E-state index in [9.17, 15) is 9.59 Å². The number of rotatable bonds is 10. The molecule has 2 amide bonds. The van der Waals surface area contributed by atoms with Crippen molar-refractivity contribution in [2.24, 2.45) is 0 Å². The van der Waals surface area contributed by atoms with Crippen LogP contribution >= 0.6 is 11.6 Å². The number of hydrogen-bond acceptors (Lipinski definition) is 6. The Morgan fingerprint density at radius 3 is 2.50 bits per heavy atom. The van der Waals surface area contributed by atoms with Gasteiger partial charge < -0.3 is 19.8 Å². The van der Waals surface area contributed by atoms with Crippen molar-refractivity contribution >= 4 is 29.5 Å². The highest BCUT2D eigenvalue weighted by atomic mass is 35.5. The van der Waals surface area contributed by atoms with Gasteiger partial charge in [-0.15, -0.1) is 0 Å². The summed E-state index contributed by atoms with van der Waals surface area (Å²) in [5, 5.41) is 11.1. The first-order valence-electron chi connectivity index (χ1n) is 13.1. The average molecular weight is 560 g/mol. The van der Waals surface area contributed by atoms with Crippen molar-refractivity contribution in [1.29, 1.82) is 0 Å². The Balaban J connectivity index is 1.43. The largest absolute Gasteiger partial charge is 0.459 e. The van der Waals surface area contributed by atoms with Gasteiger partial charge in [0.15, 0.2) is 5.76 Å². The zero-order valence-electron chi connectivity index (χ0n) is 21.9. The van der Waals surface area contributed by atoms with Crippen LogP contribution in [0.4, 0.5) is 0 Å². The van der Waals surface area contributed by atoms with E-state index in [1.165, 1.54) is 6.26 Å². The number of para-hydroxylation sites is 1. The van der Waals surface area contributed by atoms with Crippen molar-refractivity contribution in [3.8, 4) is 16.9 Å². The lowest BCUT2D eigenvalue weighted by Crippen LogP contribution is -2.39. The first-order valence-corrected chi connectivity index (χ1v) is 13.5. The summed E-state index contributed by atoms with van der Waals surface area (Å²) >= 11 is 6.13. The van der Waals surface area contributed by atoms with Crippen LogP contribution in [0.5, 0.6) is 0 Å². The second-order valence-electron chi connectivity index (χ2n) is 9.27. The summed E-state index contributed by atoms with van der Waals surface area (Å²) < 4.78 is 12.4. The molecule has 206 valence electrons. The number of furan rings is 1. The zero-order valence-corrected chi connectivity index (χ0v) is 22.6. The minimum Gasteiger partial charge on any atom is -0.459 e. The number of carbonyl (C=O) groups excluding carboxylic acids is 2. The van der Waals surface area contributed by atoms with E-state index in [1.807, 2.05) is 48.7 Å². The molecule has 0 spiro atoms. The molecular weight excluding hydrogens is 530 g/mol. The molecule has 4 aromatic rings. The van der Waals surface area contributed by atoms with Crippen LogP contribution in [-0.2, 0) is 9.53 Å². The molecule has 1 fully saturated rings. The number of carbonyl (C=O) groups is 2. The number of ether oxygens (including phenoxy) is 1. The van der Waals surface area contributed by atoms with E-state index in [4.69, 9.17) is 25.9 Å². The number of halogens is 1. The minimum atomic E-state index is -0.525. The maximum Gasteiger partial charge on any atom is 0.291 e. The van der Waals surface area contributed by atoms with Gasteiger partial charge in [0.05, 0.1) is 25.2 Å². The molecule has 0 bridgehead atoms. The fourth-order valence-corrected chi connectivity index (χ4v) is 4.49. The predicted octanol–water partition coefficient (Wildman–Crippen LogP) is 4.40. The molecule has 10 heteroatoms. The lowest BCUT2D eigenvalue weighted by atomic mass is 10.1. The molecule has 40 heavy (non-hydrogen) atoms. The number of morpholine rings is 1. The Bertz CT molecular complexity index is 1440. The van der Waals surface area contributed by atoms with Crippen molar-refractivity contribution < 1.29 is 18.7 Å². The third-order valence-electron chi connectivity index (χ3n) is 6.46. The summed E-state index contributed by atoms with van der Waals surface area (Å²) in [5.74, 6) is -0.830. The summed E-state index contributed by atoms with van der Waals surface area (Å²) in [6.45, 7) is 4.53. The standard InChI is InChI=1S/C30H30ClN5O4/c31-24-11-9-22(10-12-24)28-23(21-36(34-28)25-6-2-1-3-7-25)20-26(33-30(38)27-8-4-17-40-27)29(37)32-13-5-14-35-15-18-39-19-16-35/h1-4,6-12,17,20-21H,5,13-16,18-19H2,(H,32,37)(H,33,38).